The van der Waals surface area contributed by atoms with Crippen molar-refractivity contribution < 1.29 is 13.5 Å². The van der Waals surface area contributed by atoms with Crippen LogP contribution in [0.3, 0.4) is 0 Å². The van der Waals surface area contributed by atoms with Crippen LogP contribution >= 0.6 is 23.2 Å². The molecule has 1 aromatic carbocycles. The van der Waals surface area contributed by atoms with Crippen LogP contribution in [0.25, 0.3) is 0 Å². The van der Waals surface area contributed by atoms with Crippen molar-refractivity contribution >= 4 is 33.0 Å². The van der Waals surface area contributed by atoms with Crippen LogP contribution in [0, 0.1) is 0 Å². The first-order chi connectivity index (χ1) is 5.82. The van der Waals surface area contributed by atoms with E-state index in [4.69, 9.17) is 28.3 Å². The number of hydrogen-bond donors (Lipinski definition) is 1. The van der Waals surface area contributed by atoms with Crippen molar-refractivity contribution in [1.82, 2.24) is 0 Å². The second kappa shape index (κ2) is 3.36. The molecular formula is C7H6Cl2O3S. The van der Waals surface area contributed by atoms with Crippen LogP contribution in [0.15, 0.2) is 17.0 Å². The topological polar surface area (TPSA) is 54.4 Å². The first-order valence-corrected chi connectivity index (χ1v) is 5.85. The number of hydrogen-bond acceptors (Lipinski definition) is 3. The minimum atomic E-state index is -3.40. The molecule has 0 saturated carbocycles. The molecule has 3 nitrogen and oxygen atoms in total. The number of benzene rings is 1. The first-order valence-electron chi connectivity index (χ1n) is 3.20. The van der Waals surface area contributed by atoms with Gasteiger partial charge < -0.3 is 5.11 Å². The van der Waals surface area contributed by atoms with E-state index in [2.05, 4.69) is 0 Å². The summed E-state index contributed by atoms with van der Waals surface area (Å²) in [6.45, 7) is 0. The zero-order valence-electron chi connectivity index (χ0n) is 6.58. The summed E-state index contributed by atoms with van der Waals surface area (Å²) < 4.78 is 22.2. The Morgan fingerprint density at radius 3 is 2.23 bits per heavy atom. The number of rotatable bonds is 1. The van der Waals surface area contributed by atoms with Crippen LogP contribution in [0.1, 0.15) is 0 Å². The van der Waals surface area contributed by atoms with E-state index in [9.17, 15) is 8.42 Å². The van der Waals surface area contributed by atoms with Crippen LogP contribution in [0.5, 0.6) is 5.75 Å². The van der Waals surface area contributed by atoms with Crippen LogP contribution in [0.2, 0.25) is 10.0 Å². The quantitative estimate of drug-likeness (QED) is 0.819. The molecule has 0 heterocycles. The molecule has 0 aliphatic carbocycles. The Kier molecular flexibility index (Phi) is 2.75. The third kappa shape index (κ3) is 2.27. The summed E-state index contributed by atoms with van der Waals surface area (Å²) in [7, 11) is -3.40. The van der Waals surface area contributed by atoms with E-state index in [0.29, 0.717) is 0 Å². The van der Waals surface area contributed by atoms with Gasteiger partial charge in [0.15, 0.2) is 9.84 Å². The highest BCUT2D eigenvalue weighted by Gasteiger charge is 2.14. The summed E-state index contributed by atoms with van der Waals surface area (Å²) in [4.78, 5) is -0.0861. The summed E-state index contributed by atoms with van der Waals surface area (Å²) in [6.07, 6.45) is 1.02. The van der Waals surface area contributed by atoms with Gasteiger partial charge in [-0.15, -0.1) is 0 Å². The fourth-order valence-electron chi connectivity index (χ4n) is 0.802. The lowest BCUT2D eigenvalue weighted by molar-refractivity contribution is 0.475. The maximum absolute atomic E-state index is 11.1. The van der Waals surface area contributed by atoms with E-state index in [-0.39, 0.29) is 20.7 Å². The maximum Gasteiger partial charge on any atom is 0.177 e. The predicted molar refractivity (Wildman–Crippen MR) is 51.2 cm³/mol. The van der Waals surface area contributed by atoms with E-state index in [1.54, 1.807) is 0 Å². The van der Waals surface area contributed by atoms with Gasteiger partial charge in [0, 0.05) is 12.3 Å². The molecule has 0 aliphatic rings. The SMILES string of the molecule is CS(=O)(=O)c1cc(Cl)c(O)cc1Cl. The zero-order valence-corrected chi connectivity index (χ0v) is 8.91. The third-order valence-electron chi connectivity index (χ3n) is 1.40. The van der Waals surface area contributed by atoms with Crippen molar-refractivity contribution in [1.29, 1.82) is 0 Å². The summed E-state index contributed by atoms with van der Waals surface area (Å²) in [5, 5.41) is 9.00. The fourth-order valence-corrected chi connectivity index (χ4v) is 2.35. The molecule has 0 aromatic heterocycles. The summed E-state index contributed by atoms with van der Waals surface area (Å²) in [6, 6.07) is 2.22. The van der Waals surface area contributed by atoms with E-state index < -0.39 is 9.84 Å². The average Bonchev–Trinajstić information content (AvgIpc) is 1.94. The highest BCUT2D eigenvalue weighted by Crippen LogP contribution is 2.32. The van der Waals surface area contributed by atoms with Crippen LogP contribution in [-0.4, -0.2) is 19.8 Å². The van der Waals surface area contributed by atoms with Crippen LogP contribution in [-0.2, 0) is 9.84 Å². The van der Waals surface area contributed by atoms with Crippen molar-refractivity contribution in [3.63, 3.8) is 0 Å². The van der Waals surface area contributed by atoms with E-state index in [1.165, 1.54) is 0 Å². The molecule has 1 rings (SSSR count). The van der Waals surface area contributed by atoms with Crippen molar-refractivity contribution in [3.8, 4) is 5.75 Å². The summed E-state index contributed by atoms with van der Waals surface area (Å²) in [5.41, 5.74) is 0. The largest absolute Gasteiger partial charge is 0.506 e. The molecule has 0 radical (unpaired) electrons. The third-order valence-corrected chi connectivity index (χ3v) is 3.27. The number of phenols is 1. The van der Waals surface area contributed by atoms with Gasteiger partial charge in [0.1, 0.15) is 5.75 Å². The lowest BCUT2D eigenvalue weighted by atomic mass is 10.3. The molecule has 0 spiro atoms. The molecule has 0 fully saturated rings. The minimum absolute atomic E-state index is 0.0372. The van der Waals surface area contributed by atoms with Gasteiger partial charge in [-0.3, -0.25) is 0 Å². The lowest BCUT2D eigenvalue weighted by Crippen LogP contribution is -1.97. The van der Waals surface area contributed by atoms with Crippen molar-refractivity contribution in [2.75, 3.05) is 6.26 Å². The molecule has 1 aromatic rings. The Labute approximate surface area is 85.8 Å². The average molecular weight is 241 g/mol. The number of sulfone groups is 1. The Bertz CT molecular complexity index is 439. The monoisotopic (exact) mass is 240 g/mol. The van der Waals surface area contributed by atoms with Gasteiger partial charge in [-0.05, 0) is 6.07 Å². The Morgan fingerprint density at radius 1 is 1.23 bits per heavy atom. The smallest absolute Gasteiger partial charge is 0.177 e. The Balaban J connectivity index is 3.50. The second-order valence-corrected chi connectivity index (χ2v) is 5.30. The zero-order chi connectivity index (χ0) is 10.2. The van der Waals surface area contributed by atoms with Gasteiger partial charge in [-0.1, -0.05) is 23.2 Å². The van der Waals surface area contributed by atoms with Gasteiger partial charge in [0.25, 0.3) is 0 Å². The van der Waals surface area contributed by atoms with E-state index >= 15 is 0 Å². The van der Waals surface area contributed by atoms with Gasteiger partial charge in [-0.2, -0.15) is 0 Å². The highest BCUT2D eigenvalue weighted by atomic mass is 35.5. The van der Waals surface area contributed by atoms with Gasteiger partial charge in [0.2, 0.25) is 0 Å². The molecule has 0 aliphatic heterocycles. The minimum Gasteiger partial charge on any atom is -0.506 e. The molecule has 0 unspecified atom stereocenters. The number of phenolic OH excluding ortho intramolecular Hbond substituents is 1. The van der Waals surface area contributed by atoms with Crippen molar-refractivity contribution in [2.24, 2.45) is 0 Å². The van der Waals surface area contributed by atoms with Crippen LogP contribution < -0.4 is 0 Å². The standard InChI is InChI=1S/C7H6Cl2O3S/c1-13(11,12)7-3-4(8)6(10)2-5(7)9/h2-3,10H,1H3. The molecule has 6 heteroatoms. The molecular weight excluding hydrogens is 235 g/mol. The summed E-state index contributed by atoms with van der Waals surface area (Å²) in [5.74, 6) is -0.237. The Hall–Kier alpha value is -0.450. The van der Waals surface area contributed by atoms with Gasteiger partial charge in [-0.25, -0.2) is 8.42 Å². The van der Waals surface area contributed by atoms with E-state index in [1.807, 2.05) is 0 Å². The second-order valence-electron chi connectivity index (χ2n) is 2.51. The van der Waals surface area contributed by atoms with Crippen LogP contribution in [0.4, 0.5) is 0 Å². The predicted octanol–water partition coefficient (Wildman–Crippen LogP) is 2.10. The maximum atomic E-state index is 11.1. The lowest BCUT2D eigenvalue weighted by Gasteiger charge is -2.03. The molecule has 0 saturated heterocycles. The molecule has 13 heavy (non-hydrogen) atoms. The highest BCUT2D eigenvalue weighted by molar-refractivity contribution is 7.90. The fraction of sp³-hybridized carbons (Fsp3) is 0.143. The number of aromatic hydroxyl groups is 1. The molecule has 72 valence electrons. The Morgan fingerprint density at radius 2 is 1.77 bits per heavy atom. The van der Waals surface area contributed by atoms with Crippen molar-refractivity contribution in [2.45, 2.75) is 4.90 Å². The van der Waals surface area contributed by atoms with Crippen molar-refractivity contribution in [3.05, 3.63) is 22.2 Å². The van der Waals surface area contributed by atoms with E-state index in [0.717, 1.165) is 18.4 Å². The molecule has 0 amide bonds. The molecule has 0 atom stereocenters. The first kappa shape index (κ1) is 10.6. The van der Waals surface area contributed by atoms with Gasteiger partial charge in [0.05, 0.1) is 14.9 Å². The summed E-state index contributed by atoms with van der Waals surface area (Å²) >= 11 is 11.1. The van der Waals surface area contributed by atoms with Gasteiger partial charge >= 0.3 is 0 Å². The number of halogens is 2. The normalized spacial score (nSPS) is 11.6. The molecule has 1 N–H and O–H groups in total. The molecule has 0 bridgehead atoms.